The lowest BCUT2D eigenvalue weighted by Gasteiger charge is -2.30. The van der Waals surface area contributed by atoms with Crippen molar-refractivity contribution in [3.05, 3.63) is 54.6 Å². The molecule has 0 bridgehead atoms. The molecule has 158 valence electrons. The number of aromatic nitrogens is 3. The van der Waals surface area contributed by atoms with Gasteiger partial charge in [-0.25, -0.2) is 15.0 Å². The maximum Gasteiger partial charge on any atom is 0.158 e. The number of piperidine rings is 1. The van der Waals surface area contributed by atoms with Crippen LogP contribution in [0.1, 0.15) is 18.5 Å². The standard InChI is InChI=1S/C23H25N7O/c1-30-9-7-17(8-10-30)28-21-11-22(29-23-15-25-18(12-24)13-26-23)27-14-20(21)16-3-5-19(31-2)6-4-16/h3-6,11,13-15,17H,7-10H2,1-2H3,(H2,26,27,28,29). The van der Waals surface area contributed by atoms with E-state index in [1.165, 1.54) is 12.4 Å². The molecule has 0 amide bonds. The van der Waals surface area contributed by atoms with Crippen LogP contribution in [-0.2, 0) is 0 Å². The third-order valence-electron chi connectivity index (χ3n) is 5.41. The first-order valence-corrected chi connectivity index (χ1v) is 10.2. The second kappa shape index (κ2) is 9.41. The van der Waals surface area contributed by atoms with Gasteiger partial charge in [0.05, 0.1) is 19.5 Å². The summed E-state index contributed by atoms with van der Waals surface area (Å²) in [6.45, 7) is 2.15. The number of hydrogen-bond donors (Lipinski definition) is 2. The van der Waals surface area contributed by atoms with Crippen LogP contribution in [0.25, 0.3) is 11.1 Å². The first-order chi connectivity index (χ1) is 15.1. The number of anilines is 3. The molecular formula is C23H25N7O. The molecule has 3 aromatic rings. The highest BCUT2D eigenvalue weighted by atomic mass is 16.5. The van der Waals surface area contributed by atoms with Gasteiger partial charge in [-0.05, 0) is 50.7 Å². The van der Waals surface area contributed by atoms with Crippen molar-refractivity contribution in [3.8, 4) is 22.9 Å². The number of rotatable bonds is 6. The molecule has 4 rings (SSSR count). The van der Waals surface area contributed by atoms with Crippen molar-refractivity contribution in [2.75, 3.05) is 37.9 Å². The van der Waals surface area contributed by atoms with Crippen molar-refractivity contribution in [2.24, 2.45) is 0 Å². The van der Waals surface area contributed by atoms with E-state index in [1.54, 1.807) is 7.11 Å². The minimum atomic E-state index is 0.276. The summed E-state index contributed by atoms with van der Waals surface area (Å²) in [7, 11) is 3.82. The Balaban J connectivity index is 1.62. The summed E-state index contributed by atoms with van der Waals surface area (Å²) in [4.78, 5) is 15.2. The molecule has 0 spiro atoms. The number of pyridine rings is 1. The van der Waals surface area contributed by atoms with Crippen LogP contribution in [0.2, 0.25) is 0 Å². The molecule has 0 aliphatic carbocycles. The fourth-order valence-electron chi connectivity index (χ4n) is 3.60. The lowest BCUT2D eigenvalue weighted by molar-refractivity contribution is 0.264. The number of benzene rings is 1. The van der Waals surface area contributed by atoms with E-state index in [-0.39, 0.29) is 5.69 Å². The molecule has 2 aromatic heterocycles. The molecule has 1 fully saturated rings. The third kappa shape index (κ3) is 5.08. The molecule has 31 heavy (non-hydrogen) atoms. The van der Waals surface area contributed by atoms with Gasteiger partial charge in [-0.1, -0.05) is 12.1 Å². The molecule has 0 saturated carbocycles. The Bertz CT molecular complexity index is 1050. The van der Waals surface area contributed by atoms with Crippen LogP contribution in [0, 0.1) is 11.3 Å². The van der Waals surface area contributed by atoms with Gasteiger partial charge in [-0.2, -0.15) is 5.26 Å². The molecular weight excluding hydrogens is 390 g/mol. The number of nitriles is 1. The molecule has 8 nitrogen and oxygen atoms in total. The number of methoxy groups -OCH3 is 1. The fourth-order valence-corrected chi connectivity index (χ4v) is 3.60. The molecule has 1 saturated heterocycles. The van der Waals surface area contributed by atoms with Crippen molar-refractivity contribution in [3.63, 3.8) is 0 Å². The largest absolute Gasteiger partial charge is 0.497 e. The van der Waals surface area contributed by atoms with Gasteiger partial charge in [0.2, 0.25) is 0 Å². The van der Waals surface area contributed by atoms with Crippen LogP contribution in [-0.4, -0.2) is 53.1 Å². The average molecular weight is 416 g/mol. The number of nitrogens with zero attached hydrogens (tertiary/aromatic N) is 5. The summed E-state index contributed by atoms with van der Waals surface area (Å²) in [5.41, 5.74) is 3.38. The highest BCUT2D eigenvalue weighted by Gasteiger charge is 2.18. The quantitative estimate of drug-likeness (QED) is 0.629. The lowest BCUT2D eigenvalue weighted by atomic mass is 10.0. The molecule has 8 heteroatoms. The predicted molar refractivity (Wildman–Crippen MR) is 120 cm³/mol. The third-order valence-corrected chi connectivity index (χ3v) is 5.41. The van der Waals surface area contributed by atoms with E-state index >= 15 is 0 Å². The van der Waals surface area contributed by atoms with Gasteiger partial charge in [0.1, 0.15) is 23.5 Å². The summed E-state index contributed by atoms with van der Waals surface area (Å²) >= 11 is 0. The zero-order chi connectivity index (χ0) is 21.6. The maximum atomic E-state index is 8.89. The van der Waals surface area contributed by atoms with Gasteiger partial charge >= 0.3 is 0 Å². The molecule has 1 aromatic carbocycles. The van der Waals surface area contributed by atoms with E-state index in [9.17, 15) is 0 Å². The Kier molecular flexibility index (Phi) is 6.24. The molecule has 1 aliphatic rings. The minimum Gasteiger partial charge on any atom is -0.497 e. The van der Waals surface area contributed by atoms with Crippen LogP contribution in [0.5, 0.6) is 5.75 Å². The van der Waals surface area contributed by atoms with Gasteiger partial charge in [0, 0.05) is 29.6 Å². The summed E-state index contributed by atoms with van der Waals surface area (Å²) in [6.07, 6.45) is 7.00. The highest BCUT2D eigenvalue weighted by molar-refractivity contribution is 5.80. The Morgan fingerprint density at radius 1 is 1.03 bits per heavy atom. The van der Waals surface area contributed by atoms with Crippen LogP contribution >= 0.6 is 0 Å². The summed E-state index contributed by atoms with van der Waals surface area (Å²) in [5, 5.41) is 15.8. The van der Waals surface area contributed by atoms with Gasteiger partial charge < -0.3 is 20.3 Å². The van der Waals surface area contributed by atoms with Gasteiger partial charge in [-0.3, -0.25) is 0 Å². The molecule has 0 atom stereocenters. The summed E-state index contributed by atoms with van der Waals surface area (Å²) in [6, 6.07) is 12.3. The van der Waals surface area contributed by atoms with Crippen molar-refractivity contribution < 1.29 is 4.74 Å². The van der Waals surface area contributed by atoms with E-state index in [0.29, 0.717) is 17.7 Å². The number of hydrogen-bond acceptors (Lipinski definition) is 8. The van der Waals surface area contributed by atoms with Crippen molar-refractivity contribution >= 4 is 17.3 Å². The van der Waals surface area contributed by atoms with E-state index in [2.05, 4.69) is 37.5 Å². The molecule has 0 radical (unpaired) electrons. The monoisotopic (exact) mass is 415 g/mol. The number of ether oxygens (including phenoxy) is 1. The molecule has 2 N–H and O–H groups in total. The zero-order valence-electron chi connectivity index (χ0n) is 17.7. The van der Waals surface area contributed by atoms with Crippen LogP contribution < -0.4 is 15.4 Å². The highest BCUT2D eigenvalue weighted by Crippen LogP contribution is 2.32. The van der Waals surface area contributed by atoms with Gasteiger partial charge in [-0.15, -0.1) is 0 Å². The predicted octanol–water partition coefficient (Wildman–Crippen LogP) is 3.67. The molecule has 0 unspecified atom stereocenters. The van der Waals surface area contributed by atoms with E-state index in [1.807, 2.05) is 42.6 Å². The molecule has 3 heterocycles. The normalized spacial score (nSPS) is 14.6. The van der Waals surface area contributed by atoms with Gasteiger partial charge in [0.15, 0.2) is 5.69 Å². The van der Waals surface area contributed by atoms with Crippen LogP contribution in [0.3, 0.4) is 0 Å². The Labute approximate surface area is 181 Å². The molecule has 1 aliphatic heterocycles. The van der Waals surface area contributed by atoms with E-state index in [4.69, 9.17) is 10.00 Å². The second-order valence-corrected chi connectivity index (χ2v) is 7.59. The first-order valence-electron chi connectivity index (χ1n) is 10.2. The Hall–Kier alpha value is -3.70. The maximum absolute atomic E-state index is 8.89. The summed E-state index contributed by atoms with van der Waals surface area (Å²) < 4.78 is 5.29. The Morgan fingerprint density at radius 2 is 1.77 bits per heavy atom. The van der Waals surface area contributed by atoms with Crippen molar-refractivity contribution in [1.82, 2.24) is 19.9 Å². The number of nitrogens with one attached hydrogen (secondary N) is 2. The smallest absolute Gasteiger partial charge is 0.158 e. The fraction of sp³-hybridized carbons (Fsp3) is 0.304. The summed E-state index contributed by atoms with van der Waals surface area (Å²) in [5.74, 6) is 2.01. The van der Waals surface area contributed by atoms with Crippen LogP contribution in [0.4, 0.5) is 17.3 Å². The van der Waals surface area contributed by atoms with E-state index in [0.717, 1.165) is 48.5 Å². The minimum absolute atomic E-state index is 0.276. The number of likely N-dealkylation sites (tertiary alicyclic amines) is 1. The second-order valence-electron chi connectivity index (χ2n) is 7.59. The average Bonchev–Trinajstić information content (AvgIpc) is 2.81. The van der Waals surface area contributed by atoms with E-state index < -0.39 is 0 Å². The van der Waals surface area contributed by atoms with Crippen molar-refractivity contribution in [2.45, 2.75) is 18.9 Å². The topological polar surface area (TPSA) is 99.0 Å². The first kappa shape index (κ1) is 20.6. The van der Waals surface area contributed by atoms with Crippen LogP contribution in [0.15, 0.2) is 48.9 Å². The lowest BCUT2D eigenvalue weighted by Crippen LogP contribution is -2.36. The Morgan fingerprint density at radius 3 is 2.42 bits per heavy atom. The van der Waals surface area contributed by atoms with Crippen molar-refractivity contribution in [1.29, 1.82) is 5.26 Å². The SMILES string of the molecule is COc1ccc(-c2cnc(Nc3cnc(C#N)cn3)cc2NC2CCN(C)CC2)cc1. The zero-order valence-corrected chi connectivity index (χ0v) is 17.7. The van der Waals surface area contributed by atoms with Gasteiger partial charge in [0.25, 0.3) is 0 Å².